The minimum absolute atomic E-state index is 0.191. The summed E-state index contributed by atoms with van der Waals surface area (Å²) in [5.41, 5.74) is -3.40. The summed E-state index contributed by atoms with van der Waals surface area (Å²) in [7, 11) is 0. The SMILES string of the molecule is Fc1ccc(-c2c(C(F)(F)F)cccc2C(F)(F)F)c2c1CCC2. The summed E-state index contributed by atoms with van der Waals surface area (Å²) in [6.45, 7) is 0. The van der Waals surface area contributed by atoms with Crippen LogP contribution in [0.3, 0.4) is 0 Å². The van der Waals surface area contributed by atoms with E-state index in [0.29, 0.717) is 25.0 Å². The molecule has 0 amide bonds. The number of hydrogen-bond donors (Lipinski definition) is 0. The van der Waals surface area contributed by atoms with Crippen LogP contribution in [0.25, 0.3) is 11.1 Å². The van der Waals surface area contributed by atoms with E-state index >= 15 is 0 Å². The number of alkyl halides is 6. The first-order chi connectivity index (χ1) is 11.1. The van der Waals surface area contributed by atoms with Gasteiger partial charge in [-0.2, -0.15) is 26.3 Å². The summed E-state index contributed by atoms with van der Waals surface area (Å²) >= 11 is 0. The van der Waals surface area contributed by atoms with Crippen LogP contribution in [0.2, 0.25) is 0 Å². The van der Waals surface area contributed by atoms with Gasteiger partial charge in [-0.25, -0.2) is 4.39 Å². The van der Waals surface area contributed by atoms with E-state index in [1.807, 2.05) is 0 Å². The molecule has 0 aromatic heterocycles. The fourth-order valence-corrected chi connectivity index (χ4v) is 3.21. The second-order valence-electron chi connectivity index (χ2n) is 5.63. The highest BCUT2D eigenvalue weighted by molar-refractivity contribution is 5.77. The molecule has 128 valence electrons. The van der Waals surface area contributed by atoms with Crippen LogP contribution >= 0.6 is 0 Å². The predicted octanol–water partition coefficient (Wildman–Crippen LogP) is 6.02. The lowest BCUT2D eigenvalue weighted by Crippen LogP contribution is -2.14. The molecule has 0 saturated heterocycles. The predicted molar refractivity (Wildman–Crippen MR) is 73.9 cm³/mol. The quantitative estimate of drug-likeness (QED) is 0.553. The summed E-state index contributed by atoms with van der Waals surface area (Å²) in [5, 5.41) is 0. The van der Waals surface area contributed by atoms with Gasteiger partial charge in [0.1, 0.15) is 5.82 Å². The molecule has 24 heavy (non-hydrogen) atoms. The van der Waals surface area contributed by atoms with Crippen LogP contribution in [0.1, 0.15) is 28.7 Å². The molecule has 0 fully saturated rings. The molecule has 0 radical (unpaired) electrons. The molecular weight excluding hydrogens is 337 g/mol. The summed E-state index contributed by atoms with van der Waals surface area (Å²) in [5.74, 6) is -0.593. The van der Waals surface area contributed by atoms with Crippen LogP contribution in [-0.2, 0) is 25.2 Å². The molecule has 3 rings (SSSR count). The smallest absolute Gasteiger partial charge is 0.207 e. The van der Waals surface area contributed by atoms with E-state index in [1.54, 1.807) is 0 Å². The summed E-state index contributed by atoms with van der Waals surface area (Å²) in [6.07, 6.45) is -8.83. The van der Waals surface area contributed by atoms with Gasteiger partial charge in [-0.05, 0) is 54.2 Å². The van der Waals surface area contributed by atoms with Crippen molar-refractivity contribution in [1.82, 2.24) is 0 Å². The van der Waals surface area contributed by atoms with Crippen molar-refractivity contribution in [2.24, 2.45) is 0 Å². The van der Waals surface area contributed by atoms with Gasteiger partial charge in [-0.3, -0.25) is 0 Å². The summed E-state index contributed by atoms with van der Waals surface area (Å²) in [4.78, 5) is 0. The van der Waals surface area contributed by atoms with Gasteiger partial charge < -0.3 is 0 Å². The van der Waals surface area contributed by atoms with Gasteiger partial charge in [0.25, 0.3) is 0 Å². The second-order valence-corrected chi connectivity index (χ2v) is 5.63. The molecule has 0 unspecified atom stereocenters. The average molecular weight is 348 g/mol. The third kappa shape index (κ3) is 2.76. The number of hydrogen-bond acceptors (Lipinski definition) is 0. The molecule has 2 aromatic rings. The first-order valence-electron chi connectivity index (χ1n) is 7.18. The van der Waals surface area contributed by atoms with E-state index < -0.39 is 34.9 Å². The summed E-state index contributed by atoms with van der Waals surface area (Å²) in [6, 6.07) is 3.93. The Balaban J connectivity index is 2.38. The van der Waals surface area contributed by atoms with Crippen molar-refractivity contribution in [2.75, 3.05) is 0 Å². The van der Waals surface area contributed by atoms with Crippen LogP contribution in [0.15, 0.2) is 30.3 Å². The molecule has 0 nitrogen and oxygen atoms in total. The van der Waals surface area contributed by atoms with Crippen molar-refractivity contribution in [3.05, 3.63) is 58.4 Å². The maximum Gasteiger partial charge on any atom is 0.417 e. The Kier molecular flexibility index (Phi) is 3.85. The molecule has 0 atom stereocenters. The molecule has 0 bridgehead atoms. The van der Waals surface area contributed by atoms with Crippen molar-refractivity contribution in [1.29, 1.82) is 0 Å². The third-order valence-electron chi connectivity index (χ3n) is 4.17. The van der Waals surface area contributed by atoms with E-state index in [4.69, 9.17) is 0 Å². The van der Waals surface area contributed by atoms with E-state index in [9.17, 15) is 30.7 Å². The number of fused-ring (bicyclic) bond motifs is 1. The zero-order chi connectivity index (χ0) is 17.7. The zero-order valence-corrected chi connectivity index (χ0v) is 12.2. The molecule has 0 heterocycles. The average Bonchev–Trinajstić information content (AvgIpc) is 2.95. The molecule has 0 N–H and O–H groups in total. The minimum Gasteiger partial charge on any atom is -0.207 e. The molecule has 1 aliphatic rings. The Morgan fingerprint density at radius 3 is 1.79 bits per heavy atom. The molecular formula is C17H11F7. The number of rotatable bonds is 1. The third-order valence-corrected chi connectivity index (χ3v) is 4.17. The highest BCUT2D eigenvalue weighted by Gasteiger charge is 2.41. The standard InChI is InChI=1S/C17H11F7/c18-14-8-7-11(9-3-1-4-10(9)14)15-12(16(19,20)21)5-2-6-13(15)17(22,23)24/h2,5-8H,1,3-4H2. The normalized spacial score (nSPS) is 14.8. The Morgan fingerprint density at radius 2 is 1.25 bits per heavy atom. The molecule has 7 heteroatoms. The molecule has 0 saturated carbocycles. The van der Waals surface area contributed by atoms with Gasteiger partial charge in [0, 0.05) is 5.56 Å². The lowest BCUT2D eigenvalue weighted by Gasteiger charge is -2.21. The minimum atomic E-state index is -4.95. The van der Waals surface area contributed by atoms with Gasteiger partial charge in [0.15, 0.2) is 0 Å². The van der Waals surface area contributed by atoms with Crippen LogP contribution in [0.5, 0.6) is 0 Å². The van der Waals surface area contributed by atoms with Gasteiger partial charge >= 0.3 is 12.4 Å². The van der Waals surface area contributed by atoms with E-state index in [2.05, 4.69) is 0 Å². The van der Waals surface area contributed by atoms with Crippen molar-refractivity contribution < 1.29 is 30.7 Å². The second kappa shape index (κ2) is 5.50. The topological polar surface area (TPSA) is 0 Å². The van der Waals surface area contributed by atoms with Crippen molar-refractivity contribution >= 4 is 0 Å². The van der Waals surface area contributed by atoms with Gasteiger partial charge in [0.05, 0.1) is 11.1 Å². The van der Waals surface area contributed by atoms with Crippen molar-refractivity contribution in [2.45, 2.75) is 31.6 Å². The van der Waals surface area contributed by atoms with Crippen LogP contribution in [0.4, 0.5) is 30.7 Å². The molecule has 0 aliphatic heterocycles. The lowest BCUT2D eigenvalue weighted by molar-refractivity contribution is -0.142. The Bertz CT molecular complexity index is 752. The van der Waals surface area contributed by atoms with Crippen LogP contribution in [0, 0.1) is 5.82 Å². The monoisotopic (exact) mass is 348 g/mol. The largest absolute Gasteiger partial charge is 0.417 e. The number of halogens is 7. The van der Waals surface area contributed by atoms with Gasteiger partial charge in [-0.15, -0.1) is 0 Å². The highest BCUT2D eigenvalue weighted by Crippen LogP contribution is 2.46. The summed E-state index contributed by atoms with van der Waals surface area (Å²) < 4.78 is 93.6. The van der Waals surface area contributed by atoms with Gasteiger partial charge in [0.2, 0.25) is 0 Å². The van der Waals surface area contributed by atoms with Crippen LogP contribution in [-0.4, -0.2) is 0 Å². The first kappa shape index (κ1) is 16.8. The zero-order valence-electron chi connectivity index (χ0n) is 12.2. The maximum absolute atomic E-state index is 13.8. The Morgan fingerprint density at radius 1 is 0.708 bits per heavy atom. The molecule has 2 aromatic carbocycles. The van der Waals surface area contributed by atoms with E-state index in [1.165, 1.54) is 0 Å². The Hall–Kier alpha value is -2.05. The lowest BCUT2D eigenvalue weighted by atomic mass is 9.89. The van der Waals surface area contributed by atoms with Crippen molar-refractivity contribution in [3.63, 3.8) is 0 Å². The van der Waals surface area contributed by atoms with Crippen molar-refractivity contribution in [3.8, 4) is 11.1 Å². The van der Waals surface area contributed by atoms with E-state index in [-0.39, 0.29) is 23.1 Å². The highest BCUT2D eigenvalue weighted by atomic mass is 19.4. The number of benzene rings is 2. The van der Waals surface area contributed by atoms with Gasteiger partial charge in [-0.1, -0.05) is 12.1 Å². The van der Waals surface area contributed by atoms with E-state index in [0.717, 1.165) is 18.2 Å². The fraction of sp³-hybridized carbons (Fsp3) is 0.294. The van der Waals surface area contributed by atoms with Crippen LogP contribution < -0.4 is 0 Å². The fourth-order valence-electron chi connectivity index (χ4n) is 3.21. The molecule has 1 aliphatic carbocycles. The molecule has 0 spiro atoms. The maximum atomic E-state index is 13.8. The Labute approximate surface area is 132 Å². The first-order valence-corrected chi connectivity index (χ1v) is 7.18.